The van der Waals surface area contributed by atoms with Gasteiger partial charge in [-0.05, 0) is 25.1 Å². The number of esters is 2. The van der Waals surface area contributed by atoms with Crippen LogP contribution in [0.1, 0.15) is 16.8 Å². The summed E-state index contributed by atoms with van der Waals surface area (Å²) in [6, 6.07) is 6.70. The van der Waals surface area contributed by atoms with Crippen LogP contribution in [0.3, 0.4) is 0 Å². The molecule has 9 nitrogen and oxygen atoms in total. The van der Waals surface area contributed by atoms with E-state index in [1.807, 2.05) is 0 Å². The zero-order chi connectivity index (χ0) is 21.1. The third-order valence-electron chi connectivity index (χ3n) is 4.35. The molecule has 0 bridgehead atoms. The molecule has 1 heterocycles. The van der Waals surface area contributed by atoms with Gasteiger partial charge in [-0.3, -0.25) is 9.69 Å². The second-order valence-electron chi connectivity index (χ2n) is 6.31. The summed E-state index contributed by atoms with van der Waals surface area (Å²) in [6.07, 6.45) is 1.79. The van der Waals surface area contributed by atoms with Crippen molar-refractivity contribution in [2.75, 3.05) is 58.9 Å². The van der Waals surface area contributed by atoms with E-state index in [2.05, 4.69) is 25.0 Å². The van der Waals surface area contributed by atoms with E-state index in [0.29, 0.717) is 17.8 Å². The Morgan fingerprint density at radius 2 is 1.86 bits per heavy atom. The van der Waals surface area contributed by atoms with Gasteiger partial charge in [0.25, 0.3) is 5.91 Å². The molecule has 1 aliphatic rings. The number of para-hydroxylation sites is 1. The third kappa shape index (κ3) is 7.20. The van der Waals surface area contributed by atoms with Crippen LogP contribution in [0.15, 0.2) is 36.0 Å². The minimum atomic E-state index is -0.754. The van der Waals surface area contributed by atoms with Crippen LogP contribution < -0.4 is 10.6 Å². The molecule has 2 N–H and O–H groups in total. The van der Waals surface area contributed by atoms with Crippen molar-refractivity contribution in [1.29, 1.82) is 0 Å². The molecule has 0 unspecified atom stereocenters. The second kappa shape index (κ2) is 11.8. The lowest BCUT2D eigenvalue weighted by molar-refractivity contribution is -0.138. The van der Waals surface area contributed by atoms with E-state index in [1.165, 1.54) is 14.2 Å². The molecule has 1 aromatic carbocycles. The normalized spacial score (nSPS) is 14.8. The van der Waals surface area contributed by atoms with Crippen molar-refractivity contribution in [2.24, 2.45) is 0 Å². The lowest BCUT2D eigenvalue weighted by Gasteiger charge is -2.26. The first-order valence-electron chi connectivity index (χ1n) is 9.37. The Morgan fingerprint density at radius 1 is 1.14 bits per heavy atom. The predicted molar refractivity (Wildman–Crippen MR) is 106 cm³/mol. The molecule has 0 atom stereocenters. The van der Waals surface area contributed by atoms with Gasteiger partial charge >= 0.3 is 11.9 Å². The number of amides is 1. The zero-order valence-corrected chi connectivity index (χ0v) is 16.7. The van der Waals surface area contributed by atoms with Crippen molar-refractivity contribution >= 4 is 23.5 Å². The van der Waals surface area contributed by atoms with Gasteiger partial charge in [-0.1, -0.05) is 12.1 Å². The minimum Gasteiger partial charge on any atom is -0.466 e. The van der Waals surface area contributed by atoms with Gasteiger partial charge in [-0.2, -0.15) is 0 Å². The number of hydrogen-bond acceptors (Lipinski definition) is 8. The van der Waals surface area contributed by atoms with Crippen molar-refractivity contribution in [1.82, 2.24) is 10.2 Å². The molecule has 1 aromatic rings. The summed E-state index contributed by atoms with van der Waals surface area (Å²) in [5.74, 6) is -1.75. The van der Waals surface area contributed by atoms with Gasteiger partial charge < -0.3 is 24.8 Å². The standard InChI is InChI=1S/C20H27N3O6/c1-27-18(24)14-17(20(26)28-2)22-16-7-4-3-6-15(16)19(25)21-8-5-9-23-10-12-29-13-11-23/h3-4,6-7,14,22H,5,8-13H2,1-2H3,(H,21,25)/b17-14+. The fourth-order valence-electron chi connectivity index (χ4n) is 2.79. The number of rotatable bonds is 9. The lowest BCUT2D eigenvalue weighted by atomic mass is 10.1. The topological polar surface area (TPSA) is 106 Å². The summed E-state index contributed by atoms with van der Waals surface area (Å²) in [4.78, 5) is 38.4. The molecule has 158 valence electrons. The van der Waals surface area contributed by atoms with Crippen molar-refractivity contribution in [3.63, 3.8) is 0 Å². The number of ether oxygens (including phenoxy) is 3. The molecule has 2 rings (SSSR count). The van der Waals surface area contributed by atoms with Gasteiger partial charge in [0.2, 0.25) is 0 Å². The monoisotopic (exact) mass is 405 g/mol. The van der Waals surface area contributed by atoms with E-state index < -0.39 is 11.9 Å². The highest BCUT2D eigenvalue weighted by Gasteiger charge is 2.17. The first-order chi connectivity index (χ1) is 14.0. The fourth-order valence-corrected chi connectivity index (χ4v) is 2.79. The van der Waals surface area contributed by atoms with Crippen LogP contribution in [-0.2, 0) is 23.8 Å². The molecule has 1 amide bonds. The van der Waals surface area contributed by atoms with Crippen LogP contribution in [-0.4, -0.2) is 76.4 Å². The average Bonchev–Trinajstić information content (AvgIpc) is 2.76. The van der Waals surface area contributed by atoms with Crippen LogP contribution in [0.5, 0.6) is 0 Å². The number of nitrogens with one attached hydrogen (secondary N) is 2. The highest BCUT2D eigenvalue weighted by Crippen LogP contribution is 2.18. The van der Waals surface area contributed by atoms with Gasteiger partial charge in [0.05, 0.1) is 44.8 Å². The number of nitrogens with zero attached hydrogens (tertiary/aromatic N) is 1. The Morgan fingerprint density at radius 3 is 2.55 bits per heavy atom. The Kier molecular flexibility index (Phi) is 9.13. The number of morpholine rings is 1. The fraction of sp³-hybridized carbons (Fsp3) is 0.450. The Hall–Kier alpha value is -2.91. The molecule has 0 aliphatic carbocycles. The van der Waals surface area contributed by atoms with Crippen molar-refractivity contribution in [3.05, 3.63) is 41.6 Å². The van der Waals surface area contributed by atoms with E-state index in [-0.39, 0.29) is 11.6 Å². The Labute approximate surface area is 170 Å². The first-order valence-corrected chi connectivity index (χ1v) is 9.37. The van der Waals surface area contributed by atoms with Gasteiger partial charge in [-0.15, -0.1) is 0 Å². The molecule has 29 heavy (non-hydrogen) atoms. The summed E-state index contributed by atoms with van der Waals surface area (Å²) in [5, 5.41) is 5.67. The molecule has 9 heteroatoms. The number of benzene rings is 1. The SMILES string of the molecule is COC(=O)/C=C(/Nc1ccccc1C(=O)NCCCN1CCOCC1)C(=O)OC. The van der Waals surface area contributed by atoms with Gasteiger partial charge in [0.15, 0.2) is 0 Å². The molecule has 0 saturated carbocycles. The number of hydrogen-bond donors (Lipinski definition) is 2. The van der Waals surface area contributed by atoms with E-state index in [0.717, 1.165) is 45.3 Å². The third-order valence-corrected chi connectivity index (χ3v) is 4.35. The van der Waals surface area contributed by atoms with E-state index in [1.54, 1.807) is 24.3 Å². The quantitative estimate of drug-likeness (QED) is 0.353. The summed E-state index contributed by atoms with van der Waals surface area (Å²) in [5.41, 5.74) is 0.587. The van der Waals surface area contributed by atoms with Crippen molar-refractivity contribution in [2.45, 2.75) is 6.42 Å². The molecule has 0 aromatic heterocycles. The van der Waals surface area contributed by atoms with Crippen LogP contribution in [0.25, 0.3) is 0 Å². The molecular weight excluding hydrogens is 378 g/mol. The smallest absolute Gasteiger partial charge is 0.354 e. The number of carbonyl (C=O) groups is 3. The molecular formula is C20H27N3O6. The van der Waals surface area contributed by atoms with Crippen LogP contribution >= 0.6 is 0 Å². The van der Waals surface area contributed by atoms with E-state index in [4.69, 9.17) is 4.74 Å². The molecule has 0 radical (unpaired) electrons. The van der Waals surface area contributed by atoms with Gasteiger partial charge in [0, 0.05) is 19.6 Å². The maximum absolute atomic E-state index is 12.6. The van der Waals surface area contributed by atoms with E-state index in [9.17, 15) is 14.4 Å². The predicted octanol–water partition coefficient (Wildman–Crippen LogP) is 0.781. The number of methoxy groups -OCH3 is 2. The molecule has 1 fully saturated rings. The lowest BCUT2D eigenvalue weighted by Crippen LogP contribution is -2.38. The van der Waals surface area contributed by atoms with Crippen LogP contribution in [0.2, 0.25) is 0 Å². The van der Waals surface area contributed by atoms with Gasteiger partial charge in [-0.25, -0.2) is 9.59 Å². The van der Waals surface area contributed by atoms with Gasteiger partial charge in [0.1, 0.15) is 5.70 Å². The largest absolute Gasteiger partial charge is 0.466 e. The highest BCUT2D eigenvalue weighted by atomic mass is 16.5. The molecule has 0 spiro atoms. The second-order valence-corrected chi connectivity index (χ2v) is 6.31. The first kappa shape index (κ1) is 22.4. The summed E-state index contributed by atoms with van der Waals surface area (Å²) in [6.45, 7) is 4.71. The Bertz CT molecular complexity index is 743. The van der Waals surface area contributed by atoms with Crippen molar-refractivity contribution in [3.8, 4) is 0 Å². The number of anilines is 1. The molecule has 1 aliphatic heterocycles. The van der Waals surface area contributed by atoms with Crippen LogP contribution in [0.4, 0.5) is 5.69 Å². The minimum absolute atomic E-state index is 0.132. The highest BCUT2D eigenvalue weighted by molar-refractivity contribution is 6.03. The molecule has 1 saturated heterocycles. The van der Waals surface area contributed by atoms with Crippen LogP contribution in [0, 0.1) is 0 Å². The summed E-state index contributed by atoms with van der Waals surface area (Å²) >= 11 is 0. The van der Waals surface area contributed by atoms with E-state index >= 15 is 0 Å². The Balaban J connectivity index is 1.98. The summed E-state index contributed by atoms with van der Waals surface area (Å²) < 4.78 is 14.5. The average molecular weight is 405 g/mol. The maximum Gasteiger partial charge on any atom is 0.354 e. The number of carbonyl (C=O) groups excluding carboxylic acids is 3. The zero-order valence-electron chi connectivity index (χ0n) is 16.7. The van der Waals surface area contributed by atoms with Crippen molar-refractivity contribution < 1.29 is 28.6 Å². The summed E-state index contributed by atoms with van der Waals surface area (Å²) in [7, 11) is 2.40. The maximum atomic E-state index is 12.6.